The van der Waals surface area contributed by atoms with Gasteiger partial charge in [0.25, 0.3) is 10.0 Å². The number of amidine groups is 1. The molecule has 1 saturated heterocycles. The summed E-state index contributed by atoms with van der Waals surface area (Å²) in [7, 11) is -1.61. The van der Waals surface area contributed by atoms with Gasteiger partial charge in [-0.05, 0) is 31.5 Å². The number of nitrogens with zero attached hydrogens (tertiary/aromatic N) is 2. The molecule has 0 spiro atoms. The molecular formula is C13H17N3O2S. The van der Waals surface area contributed by atoms with Gasteiger partial charge in [-0.2, -0.15) is 8.42 Å². The van der Waals surface area contributed by atoms with Gasteiger partial charge in [0.1, 0.15) is 4.90 Å². The number of benzene rings is 1. The maximum Gasteiger partial charge on any atom is 0.285 e. The molecule has 2 heterocycles. The number of rotatable bonds is 2. The third kappa shape index (κ3) is 2.26. The highest BCUT2D eigenvalue weighted by Crippen LogP contribution is 2.27. The highest BCUT2D eigenvalue weighted by Gasteiger charge is 2.31. The second-order valence-corrected chi connectivity index (χ2v) is 6.63. The molecule has 2 aliphatic rings. The van der Waals surface area contributed by atoms with Gasteiger partial charge in [0.05, 0.1) is 0 Å². The predicted octanol–water partition coefficient (Wildman–Crippen LogP) is 0.819. The summed E-state index contributed by atoms with van der Waals surface area (Å²) in [6.45, 7) is 1.82. The van der Waals surface area contributed by atoms with Crippen molar-refractivity contribution in [2.75, 3.05) is 20.1 Å². The van der Waals surface area contributed by atoms with Gasteiger partial charge in [0.15, 0.2) is 5.84 Å². The highest BCUT2D eigenvalue weighted by molar-refractivity contribution is 7.90. The minimum atomic E-state index is -3.51. The monoisotopic (exact) mass is 279 g/mol. The van der Waals surface area contributed by atoms with Gasteiger partial charge >= 0.3 is 0 Å². The van der Waals surface area contributed by atoms with Crippen LogP contribution in [0, 0.1) is 0 Å². The van der Waals surface area contributed by atoms with E-state index in [9.17, 15) is 8.42 Å². The fourth-order valence-electron chi connectivity index (χ4n) is 2.69. The second-order valence-electron chi connectivity index (χ2n) is 5.06. The molecule has 6 heteroatoms. The van der Waals surface area contributed by atoms with E-state index in [1.54, 1.807) is 12.1 Å². The fraction of sp³-hybridized carbons (Fsp3) is 0.462. The molecule has 0 aliphatic carbocycles. The van der Waals surface area contributed by atoms with Gasteiger partial charge in [0, 0.05) is 25.2 Å². The second kappa shape index (κ2) is 4.61. The third-order valence-corrected chi connectivity index (χ3v) is 4.96. The zero-order valence-corrected chi connectivity index (χ0v) is 11.7. The molecule has 1 unspecified atom stereocenters. The summed E-state index contributed by atoms with van der Waals surface area (Å²) in [6.07, 6.45) is 2.31. The lowest BCUT2D eigenvalue weighted by molar-refractivity contribution is 0.426. The Balaban J connectivity index is 1.89. The number of hydrogen-bond acceptors (Lipinski definition) is 4. The first kappa shape index (κ1) is 12.6. The van der Waals surface area contributed by atoms with Gasteiger partial charge in [0.2, 0.25) is 0 Å². The van der Waals surface area contributed by atoms with Crippen LogP contribution in [-0.4, -0.2) is 45.3 Å². The molecule has 1 N–H and O–H groups in total. The lowest BCUT2D eigenvalue weighted by Crippen LogP contribution is -2.38. The molecular weight excluding hydrogens is 262 g/mol. The van der Waals surface area contributed by atoms with Crippen molar-refractivity contribution in [2.24, 2.45) is 4.40 Å². The maximum atomic E-state index is 12.0. The molecule has 3 rings (SSSR count). The van der Waals surface area contributed by atoms with Crippen LogP contribution in [0.1, 0.15) is 18.4 Å². The van der Waals surface area contributed by atoms with E-state index in [4.69, 9.17) is 0 Å². The molecule has 0 aromatic heterocycles. The minimum Gasteiger partial charge on any atom is -0.357 e. The van der Waals surface area contributed by atoms with E-state index in [2.05, 4.69) is 9.71 Å². The Kier molecular flexibility index (Phi) is 3.06. The SMILES string of the molecule is CN(CC1CCCN1)C1=NS(=O)(=O)c2ccccc21. The number of nitrogens with one attached hydrogen (secondary N) is 1. The molecule has 0 saturated carbocycles. The van der Waals surface area contributed by atoms with E-state index in [0.29, 0.717) is 22.3 Å². The molecule has 0 bridgehead atoms. The van der Waals surface area contributed by atoms with E-state index in [-0.39, 0.29) is 0 Å². The molecule has 102 valence electrons. The summed E-state index contributed by atoms with van der Waals surface area (Å²) in [4.78, 5) is 2.25. The largest absolute Gasteiger partial charge is 0.357 e. The molecule has 2 aliphatic heterocycles. The van der Waals surface area contributed by atoms with Crippen LogP contribution in [0.15, 0.2) is 33.6 Å². The Hall–Kier alpha value is -1.40. The third-order valence-electron chi connectivity index (χ3n) is 3.63. The quantitative estimate of drug-likeness (QED) is 0.870. The van der Waals surface area contributed by atoms with E-state index in [0.717, 1.165) is 19.5 Å². The van der Waals surface area contributed by atoms with Crippen LogP contribution in [0.5, 0.6) is 0 Å². The fourth-order valence-corrected chi connectivity index (χ4v) is 3.94. The van der Waals surface area contributed by atoms with Crippen LogP contribution in [0.25, 0.3) is 0 Å². The Morgan fingerprint density at radius 3 is 2.95 bits per heavy atom. The summed E-state index contributed by atoms with van der Waals surface area (Å²) >= 11 is 0. The Morgan fingerprint density at radius 2 is 2.21 bits per heavy atom. The summed E-state index contributed by atoms with van der Waals surface area (Å²) < 4.78 is 27.9. The molecule has 1 aromatic rings. The average Bonchev–Trinajstić information content (AvgIpc) is 2.97. The predicted molar refractivity (Wildman–Crippen MR) is 73.8 cm³/mol. The van der Waals surface area contributed by atoms with Gasteiger partial charge in [-0.15, -0.1) is 4.40 Å². The van der Waals surface area contributed by atoms with Crippen molar-refractivity contribution in [3.05, 3.63) is 29.8 Å². The molecule has 0 amide bonds. The smallest absolute Gasteiger partial charge is 0.285 e. The molecule has 0 radical (unpaired) electrons. The van der Waals surface area contributed by atoms with Crippen LogP contribution in [0.2, 0.25) is 0 Å². The molecule has 19 heavy (non-hydrogen) atoms. The first-order valence-electron chi connectivity index (χ1n) is 6.47. The lowest BCUT2D eigenvalue weighted by atomic mass is 10.1. The summed E-state index contributed by atoms with van der Waals surface area (Å²) in [5.41, 5.74) is 0.711. The summed E-state index contributed by atoms with van der Waals surface area (Å²) in [6, 6.07) is 7.42. The van der Waals surface area contributed by atoms with Gasteiger partial charge in [-0.25, -0.2) is 0 Å². The maximum absolute atomic E-state index is 12.0. The van der Waals surface area contributed by atoms with Crippen molar-refractivity contribution < 1.29 is 8.42 Å². The van der Waals surface area contributed by atoms with Crippen LogP contribution in [-0.2, 0) is 10.0 Å². The minimum absolute atomic E-state index is 0.316. The zero-order chi connectivity index (χ0) is 13.5. The highest BCUT2D eigenvalue weighted by atomic mass is 32.2. The van der Waals surface area contributed by atoms with E-state index in [1.807, 2.05) is 24.1 Å². The molecule has 1 atom stereocenters. The van der Waals surface area contributed by atoms with Crippen LogP contribution < -0.4 is 5.32 Å². The number of sulfonamides is 1. The van der Waals surface area contributed by atoms with Crippen LogP contribution >= 0.6 is 0 Å². The Morgan fingerprint density at radius 1 is 1.42 bits per heavy atom. The van der Waals surface area contributed by atoms with Crippen molar-refractivity contribution in [2.45, 2.75) is 23.8 Å². The molecule has 1 aromatic carbocycles. The zero-order valence-electron chi connectivity index (χ0n) is 10.8. The van der Waals surface area contributed by atoms with Crippen molar-refractivity contribution in [1.29, 1.82) is 0 Å². The van der Waals surface area contributed by atoms with E-state index < -0.39 is 10.0 Å². The summed E-state index contributed by atoms with van der Waals surface area (Å²) in [5, 5.41) is 3.41. The van der Waals surface area contributed by atoms with Crippen molar-refractivity contribution in [1.82, 2.24) is 10.2 Å². The van der Waals surface area contributed by atoms with Crippen molar-refractivity contribution in [3.8, 4) is 0 Å². The first-order chi connectivity index (χ1) is 9.08. The topological polar surface area (TPSA) is 61.8 Å². The lowest BCUT2D eigenvalue weighted by Gasteiger charge is -2.22. The van der Waals surface area contributed by atoms with Crippen molar-refractivity contribution in [3.63, 3.8) is 0 Å². The molecule has 1 fully saturated rings. The van der Waals surface area contributed by atoms with Crippen LogP contribution in [0.3, 0.4) is 0 Å². The first-order valence-corrected chi connectivity index (χ1v) is 7.91. The summed E-state index contributed by atoms with van der Waals surface area (Å²) in [5.74, 6) is 0.560. The van der Waals surface area contributed by atoms with Gasteiger partial charge in [-0.1, -0.05) is 12.1 Å². The van der Waals surface area contributed by atoms with Gasteiger partial charge in [-0.3, -0.25) is 0 Å². The van der Waals surface area contributed by atoms with E-state index >= 15 is 0 Å². The normalized spacial score (nSPS) is 24.1. The average molecular weight is 279 g/mol. The Bertz CT molecular complexity index is 619. The number of likely N-dealkylation sites (N-methyl/N-ethyl adjacent to an activating group) is 1. The van der Waals surface area contributed by atoms with Gasteiger partial charge < -0.3 is 10.2 Å². The Labute approximate surface area is 113 Å². The number of hydrogen-bond donors (Lipinski definition) is 1. The molecule has 5 nitrogen and oxygen atoms in total. The van der Waals surface area contributed by atoms with E-state index in [1.165, 1.54) is 6.42 Å². The van der Waals surface area contributed by atoms with Crippen LogP contribution in [0.4, 0.5) is 0 Å². The standard InChI is InChI=1S/C13H17N3O2S/c1-16(9-10-5-4-8-14-10)13-11-6-2-3-7-12(11)19(17,18)15-13/h2-3,6-7,10,14H,4-5,8-9H2,1H3. The van der Waals surface area contributed by atoms with Crippen molar-refractivity contribution >= 4 is 15.9 Å². The number of fused-ring (bicyclic) bond motifs is 1.